The highest BCUT2D eigenvalue weighted by Crippen LogP contribution is 2.22. The van der Waals surface area contributed by atoms with Crippen LogP contribution in [0.15, 0.2) is 26.6 Å². The van der Waals surface area contributed by atoms with Crippen LogP contribution in [0.2, 0.25) is 0 Å². The number of nitrogens with one attached hydrogen (secondary N) is 1. The van der Waals surface area contributed by atoms with Gasteiger partial charge in [-0.3, -0.25) is 0 Å². The van der Waals surface area contributed by atoms with Gasteiger partial charge in [0.2, 0.25) is 0 Å². The van der Waals surface area contributed by atoms with Gasteiger partial charge in [-0.15, -0.1) is 11.3 Å². The Morgan fingerprint density at radius 2 is 2.44 bits per heavy atom. The van der Waals surface area contributed by atoms with E-state index >= 15 is 0 Å². The summed E-state index contributed by atoms with van der Waals surface area (Å²) in [7, 11) is 0. The van der Waals surface area contributed by atoms with E-state index in [0.717, 1.165) is 14.9 Å². The number of carbonyl (C=O) groups is 1. The van der Waals surface area contributed by atoms with E-state index in [1.165, 1.54) is 0 Å². The average Bonchev–Trinajstić information content (AvgIpc) is 2.83. The van der Waals surface area contributed by atoms with Gasteiger partial charge in [0.15, 0.2) is 5.69 Å². The molecule has 0 bridgehead atoms. The van der Waals surface area contributed by atoms with Crippen molar-refractivity contribution < 1.29 is 14.3 Å². The van der Waals surface area contributed by atoms with Crippen molar-refractivity contribution in [2.24, 2.45) is 0 Å². The van der Waals surface area contributed by atoms with E-state index in [1.807, 2.05) is 12.1 Å². The molecule has 0 saturated heterocycles. The molecule has 0 saturated carbocycles. The largest absolute Gasteiger partial charge is 0.476 e. The minimum atomic E-state index is -1.10. The average molecular weight is 303 g/mol. The maximum absolute atomic E-state index is 10.5. The van der Waals surface area contributed by atoms with Crippen molar-refractivity contribution in [1.29, 1.82) is 0 Å². The van der Waals surface area contributed by atoms with E-state index in [9.17, 15) is 4.79 Å². The number of oxazole rings is 1. The normalized spacial score (nSPS) is 10.3. The van der Waals surface area contributed by atoms with E-state index in [1.54, 1.807) is 11.3 Å². The van der Waals surface area contributed by atoms with Crippen LogP contribution in [0.1, 0.15) is 15.4 Å². The zero-order valence-corrected chi connectivity index (χ0v) is 10.3. The summed E-state index contributed by atoms with van der Waals surface area (Å²) in [5, 5.41) is 11.5. The predicted molar refractivity (Wildman–Crippen MR) is 62.8 cm³/mol. The lowest BCUT2D eigenvalue weighted by molar-refractivity contribution is 0.0690. The molecule has 0 aliphatic rings. The molecule has 0 unspecified atom stereocenters. The van der Waals surface area contributed by atoms with Gasteiger partial charge in [0.05, 0.1) is 10.3 Å². The molecule has 7 heteroatoms. The van der Waals surface area contributed by atoms with Crippen LogP contribution in [0.25, 0.3) is 0 Å². The lowest BCUT2D eigenvalue weighted by atomic mass is 10.5. The zero-order valence-electron chi connectivity index (χ0n) is 7.94. The highest BCUT2D eigenvalue weighted by atomic mass is 79.9. The summed E-state index contributed by atoms with van der Waals surface area (Å²) in [4.78, 5) is 15.4. The van der Waals surface area contributed by atoms with Crippen LogP contribution < -0.4 is 5.32 Å². The topological polar surface area (TPSA) is 75.4 Å². The van der Waals surface area contributed by atoms with E-state index in [4.69, 9.17) is 9.52 Å². The number of halogens is 1. The van der Waals surface area contributed by atoms with Crippen LogP contribution in [0, 0.1) is 0 Å². The molecule has 0 atom stereocenters. The first-order chi connectivity index (χ1) is 7.65. The number of aromatic carboxylic acids is 1. The summed E-state index contributed by atoms with van der Waals surface area (Å²) in [6.07, 6.45) is 1.11. The molecule has 0 amide bonds. The van der Waals surface area contributed by atoms with Gasteiger partial charge in [0.1, 0.15) is 6.26 Å². The summed E-state index contributed by atoms with van der Waals surface area (Å²) in [6, 6.07) is 4.12. The molecule has 0 aliphatic carbocycles. The van der Waals surface area contributed by atoms with E-state index in [-0.39, 0.29) is 11.7 Å². The van der Waals surface area contributed by atoms with Crippen LogP contribution in [0.4, 0.5) is 6.01 Å². The summed E-state index contributed by atoms with van der Waals surface area (Å²) in [6.45, 7) is 0.551. The first-order valence-electron chi connectivity index (χ1n) is 4.32. The van der Waals surface area contributed by atoms with Crippen LogP contribution in [0.5, 0.6) is 0 Å². The Kier molecular flexibility index (Phi) is 3.25. The molecule has 0 spiro atoms. The number of hydrogen-bond donors (Lipinski definition) is 2. The monoisotopic (exact) mass is 302 g/mol. The smallest absolute Gasteiger partial charge is 0.357 e. The van der Waals surface area contributed by atoms with Gasteiger partial charge in [0.25, 0.3) is 6.01 Å². The quantitative estimate of drug-likeness (QED) is 0.908. The Morgan fingerprint density at radius 3 is 3.00 bits per heavy atom. The molecule has 0 aromatic carbocycles. The molecule has 2 aromatic rings. The van der Waals surface area contributed by atoms with Crippen molar-refractivity contribution in [2.45, 2.75) is 6.54 Å². The van der Waals surface area contributed by atoms with Crippen molar-refractivity contribution in [1.82, 2.24) is 4.98 Å². The third kappa shape index (κ3) is 2.61. The van der Waals surface area contributed by atoms with Gasteiger partial charge in [-0.1, -0.05) is 0 Å². The summed E-state index contributed by atoms with van der Waals surface area (Å²) in [5.74, 6) is -1.10. The van der Waals surface area contributed by atoms with Gasteiger partial charge in [-0.25, -0.2) is 4.79 Å². The van der Waals surface area contributed by atoms with Crippen molar-refractivity contribution in [2.75, 3.05) is 5.32 Å². The zero-order chi connectivity index (χ0) is 11.5. The van der Waals surface area contributed by atoms with Gasteiger partial charge in [-0.2, -0.15) is 4.98 Å². The van der Waals surface area contributed by atoms with E-state index < -0.39 is 5.97 Å². The Balaban J connectivity index is 1.97. The summed E-state index contributed by atoms with van der Waals surface area (Å²) < 4.78 is 5.99. The number of thiophene rings is 1. The second-order valence-electron chi connectivity index (χ2n) is 2.90. The lowest BCUT2D eigenvalue weighted by Gasteiger charge is -1.97. The Morgan fingerprint density at radius 1 is 1.62 bits per heavy atom. The number of rotatable bonds is 4. The maximum Gasteiger partial charge on any atom is 0.357 e. The highest BCUT2D eigenvalue weighted by Gasteiger charge is 2.09. The van der Waals surface area contributed by atoms with Gasteiger partial charge >= 0.3 is 5.97 Å². The van der Waals surface area contributed by atoms with Crippen LogP contribution in [0.3, 0.4) is 0 Å². The number of hydrogen-bond acceptors (Lipinski definition) is 5. The molecule has 0 fully saturated rings. The van der Waals surface area contributed by atoms with Crippen molar-refractivity contribution >= 4 is 39.3 Å². The van der Waals surface area contributed by atoms with Gasteiger partial charge in [0, 0.05) is 4.88 Å². The van der Waals surface area contributed by atoms with Crippen molar-refractivity contribution in [3.63, 3.8) is 0 Å². The fraction of sp³-hybridized carbons (Fsp3) is 0.111. The molecule has 2 rings (SSSR count). The fourth-order valence-corrected chi connectivity index (χ4v) is 2.49. The standard InChI is InChI=1S/C9H7BrN2O3S/c10-7-2-1-5(16-7)3-11-9-12-6(4-15-9)8(13)14/h1-2,4H,3H2,(H,11,12)(H,13,14). The molecule has 0 aliphatic heterocycles. The molecular weight excluding hydrogens is 296 g/mol. The molecule has 2 heterocycles. The predicted octanol–water partition coefficient (Wildman–Crippen LogP) is 2.81. The Hall–Kier alpha value is -1.34. The fourth-order valence-electron chi connectivity index (χ4n) is 1.06. The Labute approximate surface area is 103 Å². The van der Waals surface area contributed by atoms with E-state index in [0.29, 0.717) is 6.54 Å². The number of carboxylic acids is 1. The van der Waals surface area contributed by atoms with Crippen molar-refractivity contribution in [3.8, 4) is 0 Å². The minimum Gasteiger partial charge on any atom is -0.476 e. The van der Waals surface area contributed by atoms with E-state index in [2.05, 4.69) is 26.2 Å². The summed E-state index contributed by atoms with van der Waals surface area (Å²) >= 11 is 4.94. The third-order valence-electron chi connectivity index (χ3n) is 1.77. The number of carboxylic acid groups (broad SMARTS) is 1. The second-order valence-corrected chi connectivity index (χ2v) is 5.45. The third-order valence-corrected chi connectivity index (χ3v) is 3.39. The number of anilines is 1. The SMILES string of the molecule is O=C(O)c1coc(NCc2ccc(Br)s2)n1. The van der Waals surface area contributed by atoms with Gasteiger partial charge < -0.3 is 14.8 Å². The number of aromatic nitrogens is 1. The first kappa shape index (κ1) is 11.2. The van der Waals surface area contributed by atoms with Crippen molar-refractivity contribution in [3.05, 3.63) is 32.8 Å². The number of nitrogens with zero attached hydrogens (tertiary/aromatic N) is 1. The van der Waals surface area contributed by atoms with Crippen LogP contribution in [-0.4, -0.2) is 16.1 Å². The first-order valence-corrected chi connectivity index (χ1v) is 5.93. The lowest BCUT2D eigenvalue weighted by Crippen LogP contribution is -2.00. The molecule has 84 valence electrons. The van der Waals surface area contributed by atoms with Gasteiger partial charge in [-0.05, 0) is 28.1 Å². The molecule has 16 heavy (non-hydrogen) atoms. The Bertz CT molecular complexity index is 508. The molecule has 5 nitrogen and oxygen atoms in total. The summed E-state index contributed by atoms with van der Waals surface area (Å²) in [5.41, 5.74) is -0.102. The highest BCUT2D eigenvalue weighted by molar-refractivity contribution is 9.11. The maximum atomic E-state index is 10.5. The minimum absolute atomic E-state index is 0.102. The second kappa shape index (κ2) is 4.67. The van der Waals surface area contributed by atoms with Crippen LogP contribution >= 0.6 is 27.3 Å². The molecule has 2 N–H and O–H groups in total. The van der Waals surface area contributed by atoms with Crippen LogP contribution in [-0.2, 0) is 6.54 Å². The molecular formula is C9H7BrN2O3S. The molecule has 0 radical (unpaired) electrons. The molecule has 2 aromatic heterocycles.